The Morgan fingerprint density at radius 3 is 1.64 bits per heavy atom. The maximum atomic E-state index is 15.3. The summed E-state index contributed by atoms with van der Waals surface area (Å²) in [6, 6.07) is 25.7. The zero-order chi connectivity index (χ0) is 25.7. The number of rotatable bonds is 6. The van der Waals surface area contributed by atoms with Crippen LogP contribution in [0.4, 0.5) is 11.4 Å². The highest BCUT2D eigenvalue weighted by Crippen LogP contribution is 2.64. The molecule has 0 bridgehead atoms. The van der Waals surface area contributed by atoms with Crippen LogP contribution in [-0.2, 0) is 4.57 Å². The third-order valence-electron chi connectivity index (χ3n) is 8.73. The van der Waals surface area contributed by atoms with Crippen molar-refractivity contribution in [2.45, 2.75) is 40.0 Å². The van der Waals surface area contributed by atoms with E-state index in [1.54, 1.807) is 0 Å². The second kappa shape index (κ2) is 9.25. The van der Waals surface area contributed by atoms with E-state index in [9.17, 15) is 0 Å². The summed E-state index contributed by atoms with van der Waals surface area (Å²) in [6.45, 7) is 7.65. The molecule has 0 spiro atoms. The van der Waals surface area contributed by atoms with Gasteiger partial charge in [-0.1, -0.05) is 94.3 Å². The van der Waals surface area contributed by atoms with Crippen molar-refractivity contribution in [3.05, 3.63) is 72.8 Å². The molecule has 1 heterocycles. The fourth-order valence-electron chi connectivity index (χ4n) is 5.69. The number of nitrogens with zero attached hydrogens (tertiary/aromatic N) is 3. The Kier molecular flexibility index (Phi) is 6.39. The second-order valence-corrected chi connectivity index (χ2v) is 13.5. The minimum Gasteiger partial charge on any atom is -0.297 e. The fraction of sp³-hybridized carbons (Fsp3) is 0.355. The van der Waals surface area contributed by atoms with E-state index in [-0.39, 0.29) is 5.41 Å². The van der Waals surface area contributed by atoms with Crippen LogP contribution >= 0.6 is 7.59 Å². The topological polar surface area (TPSA) is 26.8 Å². The van der Waals surface area contributed by atoms with E-state index in [4.69, 9.17) is 0 Å². The van der Waals surface area contributed by atoms with Crippen LogP contribution in [0.25, 0.3) is 32.7 Å². The molecule has 188 valence electrons. The minimum atomic E-state index is -3.16. The van der Waals surface area contributed by atoms with Crippen LogP contribution in [0.5, 0.6) is 0 Å². The lowest BCUT2D eigenvalue weighted by Crippen LogP contribution is -2.37. The summed E-state index contributed by atoms with van der Waals surface area (Å²) in [4.78, 5) is 0. The van der Waals surface area contributed by atoms with Gasteiger partial charge in [-0.2, -0.15) is 0 Å². The molecule has 0 fully saturated rings. The summed E-state index contributed by atoms with van der Waals surface area (Å²) < 4.78 is 21.5. The van der Waals surface area contributed by atoms with Gasteiger partial charge < -0.3 is 0 Å². The average molecular weight is 500 g/mol. The maximum absolute atomic E-state index is 15.3. The summed E-state index contributed by atoms with van der Waals surface area (Å²) in [5.74, 6) is 0. The SMILES string of the molecule is CCC(C)(CC)CCN(C)P1(=O)N(C)c2ccc3ccccc3c2-c2c(ccc3ccccc23)N1C. The summed E-state index contributed by atoms with van der Waals surface area (Å²) in [5, 5.41) is 4.76. The highest BCUT2D eigenvalue weighted by molar-refractivity contribution is 7.64. The first kappa shape index (κ1) is 24.9. The molecule has 1 aliphatic heterocycles. The normalized spacial score (nSPS) is 15.3. The first-order valence-corrected chi connectivity index (χ1v) is 14.7. The van der Waals surface area contributed by atoms with E-state index in [1.807, 2.05) is 21.1 Å². The molecule has 0 unspecified atom stereocenters. The molecule has 5 heteroatoms. The number of anilines is 2. The van der Waals surface area contributed by atoms with Crippen LogP contribution in [-0.4, -0.2) is 32.4 Å². The fourth-order valence-corrected chi connectivity index (χ4v) is 8.26. The van der Waals surface area contributed by atoms with Crippen LogP contribution in [0.3, 0.4) is 0 Å². The Balaban J connectivity index is 1.78. The van der Waals surface area contributed by atoms with Gasteiger partial charge in [-0.05, 0) is 52.6 Å². The van der Waals surface area contributed by atoms with Gasteiger partial charge in [0.25, 0.3) is 0 Å². The average Bonchev–Trinajstić information content (AvgIpc) is 2.99. The Hall–Kier alpha value is -2.81. The maximum Gasteiger partial charge on any atom is 0.334 e. The number of fused-ring (bicyclic) bond motifs is 7. The predicted molar refractivity (Wildman–Crippen MR) is 157 cm³/mol. The summed E-state index contributed by atoms with van der Waals surface area (Å²) >= 11 is 0. The minimum absolute atomic E-state index is 0.249. The Labute approximate surface area is 216 Å². The van der Waals surface area contributed by atoms with Gasteiger partial charge in [0.2, 0.25) is 0 Å². The van der Waals surface area contributed by atoms with E-state index in [0.29, 0.717) is 0 Å². The van der Waals surface area contributed by atoms with E-state index < -0.39 is 7.59 Å². The Morgan fingerprint density at radius 2 is 1.19 bits per heavy atom. The molecule has 0 N–H and O–H groups in total. The smallest absolute Gasteiger partial charge is 0.297 e. The van der Waals surface area contributed by atoms with Crippen molar-refractivity contribution in [1.82, 2.24) is 4.67 Å². The van der Waals surface area contributed by atoms with Gasteiger partial charge in [0.05, 0.1) is 11.4 Å². The molecule has 0 aromatic heterocycles. The molecule has 4 aromatic rings. The van der Waals surface area contributed by atoms with Crippen molar-refractivity contribution < 1.29 is 4.57 Å². The van der Waals surface area contributed by atoms with Gasteiger partial charge >= 0.3 is 7.59 Å². The van der Waals surface area contributed by atoms with Crippen LogP contribution in [0.1, 0.15) is 40.0 Å². The number of hydrogen-bond acceptors (Lipinski definition) is 1. The van der Waals surface area contributed by atoms with E-state index >= 15 is 4.57 Å². The molecule has 0 saturated heterocycles. The zero-order valence-electron chi connectivity index (χ0n) is 22.5. The lowest BCUT2D eigenvalue weighted by Gasteiger charge is -2.42. The van der Waals surface area contributed by atoms with Crippen LogP contribution in [0.2, 0.25) is 0 Å². The molecule has 0 atom stereocenters. The quantitative estimate of drug-likeness (QED) is 0.248. The van der Waals surface area contributed by atoms with E-state index in [0.717, 1.165) is 48.3 Å². The lowest BCUT2D eigenvalue weighted by atomic mass is 9.81. The molecule has 0 amide bonds. The molecule has 0 aliphatic carbocycles. The largest absolute Gasteiger partial charge is 0.334 e. The van der Waals surface area contributed by atoms with Crippen molar-refractivity contribution in [1.29, 1.82) is 0 Å². The lowest BCUT2D eigenvalue weighted by molar-refractivity contribution is 0.250. The molecule has 4 nitrogen and oxygen atoms in total. The molecule has 0 saturated carbocycles. The van der Waals surface area contributed by atoms with Gasteiger partial charge in [-0.15, -0.1) is 0 Å². The number of hydrogen-bond donors (Lipinski definition) is 0. The third-order valence-corrected chi connectivity index (χ3v) is 11.8. The number of benzene rings is 4. The van der Waals surface area contributed by atoms with Gasteiger partial charge in [-0.3, -0.25) is 13.9 Å². The van der Waals surface area contributed by atoms with Crippen molar-refractivity contribution in [3.8, 4) is 11.1 Å². The van der Waals surface area contributed by atoms with Crippen molar-refractivity contribution >= 4 is 40.5 Å². The summed E-state index contributed by atoms with van der Waals surface area (Å²) in [7, 11) is 2.89. The third kappa shape index (κ3) is 3.74. The zero-order valence-corrected chi connectivity index (χ0v) is 23.3. The van der Waals surface area contributed by atoms with Crippen LogP contribution in [0.15, 0.2) is 72.8 Å². The van der Waals surface area contributed by atoms with Crippen molar-refractivity contribution in [2.75, 3.05) is 37.0 Å². The molecule has 4 aromatic carbocycles. The van der Waals surface area contributed by atoms with Crippen LogP contribution < -0.4 is 9.34 Å². The molecular formula is C31H38N3OP. The molecule has 0 radical (unpaired) electrons. The van der Waals surface area contributed by atoms with Crippen molar-refractivity contribution in [2.24, 2.45) is 5.41 Å². The van der Waals surface area contributed by atoms with E-state index in [2.05, 4.69) is 108 Å². The van der Waals surface area contributed by atoms with Gasteiger partial charge in [0, 0.05) is 31.8 Å². The Morgan fingerprint density at radius 1 is 0.750 bits per heavy atom. The standard InChI is InChI=1S/C31H38N3OP/c1-7-31(3,8-2)21-22-32(4)36(35)33(5)27-19-17-23-13-9-11-15-25(23)29(27)30-26-16-12-10-14-24(26)18-20-28(30)34(36)6/h9-20H,7-8,21-22H2,1-6H3. The van der Waals surface area contributed by atoms with Gasteiger partial charge in [-0.25, -0.2) is 4.67 Å². The first-order valence-electron chi connectivity index (χ1n) is 13.1. The molecule has 5 rings (SSSR count). The summed E-state index contributed by atoms with van der Waals surface area (Å²) in [5.41, 5.74) is 4.59. The van der Waals surface area contributed by atoms with Gasteiger partial charge in [0.15, 0.2) is 0 Å². The highest BCUT2D eigenvalue weighted by Gasteiger charge is 2.43. The van der Waals surface area contributed by atoms with Gasteiger partial charge in [0.1, 0.15) is 0 Å². The summed E-state index contributed by atoms with van der Waals surface area (Å²) in [6.07, 6.45) is 3.26. The molecule has 1 aliphatic rings. The van der Waals surface area contributed by atoms with Crippen molar-refractivity contribution in [3.63, 3.8) is 0 Å². The molecular weight excluding hydrogens is 461 g/mol. The van der Waals surface area contributed by atoms with E-state index in [1.165, 1.54) is 21.5 Å². The Bertz CT molecular complexity index is 1380. The predicted octanol–water partition coefficient (Wildman–Crippen LogP) is 8.80. The molecule has 36 heavy (non-hydrogen) atoms. The highest BCUT2D eigenvalue weighted by atomic mass is 31.2. The second-order valence-electron chi connectivity index (χ2n) is 10.6. The first-order chi connectivity index (χ1) is 17.2. The van der Waals surface area contributed by atoms with Crippen LogP contribution in [0, 0.1) is 5.41 Å². The monoisotopic (exact) mass is 499 g/mol.